The Labute approximate surface area is 186 Å². The average Bonchev–Trinajstić information content (AvgIpc) is 3.17. The minimum Gasteiger partial charge on any atom is -0.497 e. The monoisotopic (exact) mass is 518 g/mol. The largest absolute Gasteiger partial charge is 0.497 e. The number of methoxy groups -OCH3 is 2. The van der Waals surface area contributed by atoms with Crippen LogP contribution in [0.15, 0.2) is 41.4 Å². The van der Waals surface area contributed by atoms with Crippen LogP contribution in [0, 0.1) is 17.6 Å². The maximum Gasteiger partial charge on any atom is 0.193 e. The Morgan fingerprint density at radius 3 is 2.66 bits per heavy atom. The molecule has 1 atom stereocenters. The minimum atomic E-state index is -0.837. The molecule has 6 nitrogen and oxygen atoms in total. The molecule has 1 saturated heterocycles. The summed E-state index contributed by atoms with van der Waals surface area (Å²) in [5.74, 6) is 0.187. The number of nitrogens with one attached hydrogen (secondary N) is 1. The van der Waals surface area contributed by atoms with E-state index in [1.807, 2.05) is 4.90 Å². The summed E-state index contributed by atoms with van der Waals surface area (Å²) in [5.41, 5.74) is 7.36. The fourth-order valence-corrected chi connectivity index (χ4v) is 3.21. The molecular weight excluding hydrogens is 493 g/mol. The second-order valence-corrected chi connectivity index (χ2v) is 6.62. The van der Waals surface area contributed by atoms with Crippen LogP contribution in [0.5, 0.6) is 11.5 Å². The van der Waals surface area contributed by atoms with Gasteiger partial charge in [-0.05, 0) is 36.6 Å². The van der Waals surface area contributed by atoms with Gasteiger partial charge in [0.1, 0.15) is 11.5 Å². The van der Waals surface area contributed by atoms with Crippen molar-refractivity contribution in [1.29, 1.82) is 0 Å². The van der Waals surface area contributed by atoms with Crippen LogP contribution in [0.1, 0.15) is 6.42 Å². The molecule has 0 aliphatic carbocycles. The van der Waals surface area contributed by atoms with Crippen molar-refractivity contribution >= 4 is 41.3 Å². The third-order valence-corrected chi connectivity index (χ3v) is 4.74. The third kappa shape index (κ3) is 5.84. The summed E-state index contributed by atoms with van der Waals surface area (Å²) in [6.07, 6.45) is 0.901. The summed E-state index contributed by atoms with van der Waals surface area (Å²) in [5, 5.41) is 3.03. The van der Waals surface area contributed by atoms with Gasteiger partial charge in [0.2, 0.25) is 0 Å². The Hall–Kier alpha value is -2.30. The summed E-state index contributed by atoms with van der Waals surface area (Å²) in [7, 11) is 3.16. The molecule has 2 aromatic rings. The zero-order valence-corrected chi connectivity index (χ0v) is 18.7. The molecule has 1 aliphatic heterocycles. The highest BCUT2D eigenvalue weighted by atomic mass is 127. The van der Waals surface area contributed by atoms with E-state index in [-0.39, 0.29) is 35.9 Å². The van der Waals surface area contributed by atoms with Crippen molar-refractivity contribution in [2.45, 2.75) is 6.42 Å². The molecule has 0 bridgehead atoms. The van der Waals surface area contributed by atoms with E-state index in [0.29, 0.717) is 36.0 Å². The van der Waals surface area contributed by atoms with Crippen molar-refractivity contribution < 1.29 is 18.3 Å². The second kappa shape index (κ2) is 10.5. The number of hydrogen-bond acceptors (Lipinski definition) is 4. The van der Waals surface area contributed by atoms with Crippen molar-refractivity contribution in [3.8, 4) is 11.5 Å². The third-order valence-electron chi connectivity index (χ3n) is 4.74. The zero-order valence-electron chi connectivity index (χ0n) is 16.3. The van der Waals surface area contributed by atoms with Gasteiger partial charge < -0.3 is 25.4 Å². The number of hydrogen-bond donors (Lipinski definition) is 2. The highest BCUT2D eigenvalue weighted by Crippen LogP contribution is 2.29. The van der Waals surface area contributed by atoms with Gasteiger partial charge in [-0.3, -0.25) is 4.99 Å². The predicted molar refractivity (Wildman–Crippen MR) is 122 cm³/mol. The lowest BCUT2D eigenvalue weighted by Gasteiger charge is -2.18. The maximum absolute atomic E-state index is 13.4. The van der Waals surface area contributed by atoms with E-state index in [1.165, 1.54) is 6.07 Å². The first-order valence-electron chi connectivity index (χ1n) is 8.99. The van der Waals surface area contributed by atoms with E-state index < -0.39 is 11.6 Å². The molecule has 0 aromatic heterocycles. The van der Waals surface area contributed by atoms with Gasteiger partial charge in [0.15, 0.2) is 17.6 Å². The lowest BCUT2D eigenvalue weighted by Crippen LogP contribution is -2.25. The van der Waals surface area contributed by atoms with Crippen LogP contribution in [0.3, 0.4) is 0 Å². The van der Waals surface area contributed by atoms with Crippen LogP contribution >= 0.6 is 24.0 Å². The van der Waals surface area contributed by atoms with Gasteiger partial charge in [-0.2, -0.15) is 0 Å². The molecule has 0 amide bonds. The van der Waals surface area contributed by atoms with E-state index in [4.69, 9.17) is 15.2 Å². The van der Waals surface area contributed by atoms with E-state index in [1.54, 1.807) is 38.5 Å². The van der Waals surface area contributed by atoms with E-state index >= 15 is 0 Å². The first-order valence-corrected chi connectivity index (χ1v) is 8.99. The van der Waals surface area contributed by atoms with Gasteiger partial charge in [-0.1, -0.05) is 0 Å². The summed E-state index contributed by atoms with van der Waals surface area (Å²) in [6.45, 7) is 2.01. The maximum atomic E-state index is 13.4. The SMILES string of the molecule is COc1ccc(OC)c(NC(N)=NCC2CCN(c3ccc(F)c(F)c3)C2)c1.I. The highest BCUT2D eigenvalue weighted by molar-refractivity contribution is 14.0. The molecule has 158 valence electrons. The Morgan fingerprint density at radius 1 is 1.17 bits per heavy atom. The first-order chi connectivity index (χ1) is 13.5. The zero-order chi connectivity index (χ0) is 20.1. The van der Waals surface area contributed by atoms with E-state index in [9.17, 15) is 8.78 Å². The highest BCUT2D eigenvalue weighted by Gasteiger charge is 2.23. The van der Waals surface area contributed by atoms with Gasteiger partial charge in [0.05, 0.1) is 19.9 Å². The van der Waals surface area contributed by atoms with Gasteiger partial charge in [-0.15, -0.1) is 24.0 Å². The van der Waals surface area contributed by atoms with Crippen LogP contribution in [0.2, 0.25) is 0 Å². The number of ether oxygens (including phenoxy) is 2. The Bertz CT molecular complexity index is 866. The number of nitrogens with zero attached hydrogens (tertiary/aromatic N) is 2. The standard InChI is InChI=1S/C20H24F2N4O2.HI/c1-27-15-4-6-19(28-2)18(10-15)25-20(23)24-11-13-7-8-26(12-13)14-3-5-16(21)17(22)9-14;/h3-6,9-10,13H,7-8,11-12H2,1-2H3,(H3,23,24,25);1H. The van der Waals surface area contributed by atoms with Crippen molar-refractivity contribution in [1.82, 2.24) is 0 Å². The molecule has 9 heteroatoms. The normalized spacial score (nSPS) is 16.3. The lowest BCUT2D eigenvalue weighted by atomic mass is 10.1. The molecule has 0 radical (unpaired) electrons. The molecule has 0 spiro atoms. The lowest BCUT2D eigenvalue weighted by molar-refractivity contribution is 0.405. The molecule has 3 N–H and O–H groups in total. The summed E-state index contributed by atoms with van der Waals surface area (Å²) >= 11 is 0. The summed E-state index contributed by atoms with van der Waals surface area (Å²) in [6, 6.07) is 9.33. The quantitative estimate of drug-likeness (QED) is 0.346. The minimum absolute atomic E-state index is 0. The molecule has 1 fully saturated rings. The topological polar surface area (TPSA) is 72.1 Å². The molecule has 1 aliphatic rings. The van der Waals surface area contributed by atoms with Crippen LogP contribution in [-0.4, -0.2) is 39.8 Å². The Morgan fingerprint density at radius 2 is 1.97 bits per heavy atom. The Balaban J connectivity index is 0.00000300. The smallest absolute Gasteiger partial charge is 0.193 e. The number of benzene rings is 2. The van der Waals surface area contributed by atoms with Gasteiger partial charge in [0.25, 0.3) is 0 Å². The number of guanidine groups is 1. The van der Waals surface area contributed by atoms with Crippen LogP contribution < -0.4 is 25.4 Å². The van der Waals surface area contributed by atoms with Crippen molar-refractivity contribution in [2.75, 3.05) is 44.1 Å². The first kappa shape index (κ1) is 23.0. The molecule has 3 rings (SSSR count). The molecule has 29 heavy (non-hydrogen) atoms. The molecule has 1 unspecified atom stereocenters. The van der Waals surface area contributed by atoms with Crippen molar-refractivity contribution in [3.05, 3.63) is 48.0 Å². The summed E-state index contributed by atoms with van der Waals surface area (Å²) in [4.78, 5) is 6.44. The van der Waals surface area contributed by atoms with Crippen LogP contribution in [-0.2, 0) is 0 Å². The molecule has 1 heterocycles. The molecular formula is C20H25F2IN4O2. The van der Waals surface area contributed by atoms with Crippen molar-refractivity contribution in [3.63, 3.8) is 0 Å². The van der Waals surface area contributed by atoms with Crippen LogP contribution in [0.25, 0.3) is 0 Å². The van der Waals surface area contributed by atoms with Gasteiger partial charge in [0, 0.05) is 37.5 Å². The van der Waals surface area contributed by atoms with Gasteiger partial charge in [-0.25, -0.2) is 8.78 Å². The number of anilines is 2. The molecule has 0 saturated carbocycles. The average molecular weight is 518 g/mol. The fraction of sp³-hybridized carbons (Fsp3) is 0.350. The summed E-state index contributed by atoms with van der Waals surface area (Å²) < 4.78 is 37.1. The number of rotatable bonds is 6. The van der Waals surface area contributed by atoms with Crippen molar-refractivity contribution in [2.24, 2.45) is 16.6 Å². The number of nitrogens with two attached hydrogens (primary N) is 1. The number of aliphatic imine (C=N–C) groups is 1. The fourth-order valence-electron chi connectivity index (χ4n) is 3.21. The van der Waals surface area contributed by atoms with E-state index in [0.717, 1.165) is 19.0 Å². The van der Waals surface area contributed by atoms with E-state index in [2.05, 4.69) is 10.3 Å². The molecule has 2 aromatic carbocycles. The number of halogens is 3. The van der Waals surface area contributed by atoms with Gasteiger partial charge >= 0.3 is 0 Å². The predicted octanol–water partition coefficient (Wildman–Crippen LogP) is 3.85. The van der Waals surface area contributed by atoms with Crippen LogP contribution in [0.4, 0.5) is 20.2 Å². The Kier molecular flexibility index (Phi) is 8.30. The second-order valence-electron chi connectivity index (χ2n) is 6.62.